The molecule has 0 saturated carbocycles. The second-order valence-corrected chi connectivity index (χ2v) is 7.83. The lowest BCUT2D eigenvalue weighted by molar-refractivity contribution is -0.113. The van der Waals surface area contributed by atoms with E-state index in [9.17, 15) is 13.6 Å². The minimum Gasteiger partial charge on any atom is -0.461 e. The Morgan fingerprint density at radius 1 is 1.13 bits per heavy atom. The SMILES string of the molecule is O=C(CSc1nnc(-c2ccco2)n1-c1ccccc1)Nc1c(F)cc(F)cc1Br. The van der Waals surface area contributed by atoms with Crippen LogP contribution < -0.4 is 5.32 Å². The van der Waals surface area contributed by atoms with E-state index < -0.39 is 17.5 Å². The largest absolute Gasteiger partial charge is 0.461 e. The Hall–Kier alpha value is -2.98. The molecule has 0 saturated heterocycles. The van der Waals surface area contributed by atoms with Crippen molar-refractivity contribution in [2.24, 2.45) is 0 Å². The standard InChI is InChI=1S/C20H13BrF2N4O2S/c21-14-9-12(22)10-15(23)18(14)24-17(28)11-30-20-26-25-19(16-7-4-8-29-16)27(20)13-5-2-1-3-6-13/h1-10H,11H2,(H,24,28). The van der Waals surface area contributed by atoms with Crippen molar-refractivity contribution < 1.29 is 18.0 Å². The Bertz CT molecular complexity index is 1160. The van der Waals surface area contributed by atoms with Crippen LogP contribution in [0.5, 0.6) is 0 Å². The first kappa shape index (κ1) is 20.3. The van der Waals surface area contributed by atoms with Crippen LogP contribution in [0.3, 0.4) is 0 Å². The van der Waals surface area contributed by atoms with Gasteiger partial charge >= 0.3 is 0 Å². The fraction of sp³-hybridized carbons (Fsp3) is 0.0500. The molecule has 0 aliphatic rings. The number of carbonyl (C=O) groups is 1. The molecule has 1 N–H and O–H groups in total. The van der Waals surface area contributed by atoms with Crippen LogP contribution in [0.2, 0.25) is 0 Å². The molecule has 1 amide bonds. The number of amides is 1. The molecule has 2 aromatic heterocycles. The van der Waals surface area contributed by atoms with Crippen molar-refractivity contribution >= 4 is 39.3 Å². The van der Waals surface area contributed by atoms with E-state index in [-0.39, 0.29) is 15.9 Å². The minimum atomic E-state index is -0.868. The topological polar surface area (TPSA) is 73.0 Å². The number of hydrogen-bond acceptors (Lipinski definition) is 5. The molecular formula is C20H13BrF2N4O2S. The monoisotopic (exact) mass is 490 g/mol. The first-order valence-corrected chi connectivity index (χ1v) is 10.4. The predicted octanol–water partition coefficient (Wildman–Crippen LogP) is 5.30. The highest BCUT2D eigenvalue weighted by atomic mass is 79.9. The number of carbonyl (C=O) groups excluding carboxylic acids is 1. The summed E-state index contributed by atoms with van der Waals surface area (Å²) >= 11 is 4.18. The summed E-state index contributed by atoms with van der Waals surface area (Å²) in [6.07, 6.45) is 1.54. The van der Waals surface area contributed by atoms with Crippen LogP contribution >= 0.6 is 27.7 Å². The lowest BCUT2D eigenvalue weighted by atomic mass is 10.3. The highest BCUT2D eigenvalue weighted by Gasteiger charge is 2.19. The van der Waals surface area contributed by atoms with E-state index in [0.29, 0.717) is 22.8 Å². The van der Waals surface area contributed by atoms with Gasteiger partial charge in [0, 0.05) is 16.2 Å². The molecule has 152 valence electrons. The van der Waals surface area contributed by atoms with Gasteiger partial charge in [0.1, 0.15) is 5.82 Å². The van der Waals surface area contributed by atoms with Crippen LogP contribution in [0, 0.1) is 11.6 Å². The normalized spacial score (nSPS) is 10.9. The molecule has 4 rings (SSSR count). The van der Waals surface area contributed by atoms with Crippen LogP contribution in [0.25, 0.3) is 17.3 Å². The second kappa shape index (κ2) is 8.80. The fourth-order valence-corrected chi connectivity index (χ4v) is 3.96. The highest BCUT2D eigenvalue weighted by molar-refractivity contribution is 9.10. The number of nitrogens with one attached hydrogen (secondary N) is 1. The Morgan fingerprint density at radius 2 is 1.93 bits per heavy atom. The molecule has 0 fully saturated rings. The van der Waals surface area contributed by atoms with E-state index in [2.05, 4.69) is 31.4 Å². The lowest BCUT2D eigenvalue weighted by Crippen LogP contribution is -2.16. The number of furan rings is 1. The molecule has 0 atom stereocenters. The van der Waals surface area contributed by atoms with Crippen molar-refractivity contribution in [3.8, 4) is 17.3 Å². The number of thioether (sulfide) groups is 1. The van der Waals surface area contributed by atoms with Crippen LogP contribution in [-0.4, -0.2) is 26.4 Å². The van der Waals surface area contributed by atoms with E-state index >= 15 is 0 Å². The zero-order valence-corrected chi connectivity index (χ0v) is 17.6. The van der Waals surface area contributed by atoms with Crippen molar-refractivity contribution in [2.45, 2.75) is 5.16 Å². The summed E-state index contributed by atoms with van der Waals surface area (Å²) in [4.78, 5) is 12.4. The Labute approximate surface area is 182 Å². The van der Waals surface area contributed by atoms with Gasteiger partial charge in [0.05, 0.1) is 17.7 Å². The Balaban J connectivity index is 1.56. The Morgan fingerprint density at radius 3 is 2.63 bits per heavy atom. The van der Waals surface area contributed by atoms with Crippen LogP contribution in [0.1, 0.15) is 0 Å². The number of aromatic nitrogens is 3. The molecule has 2 aromatic carbocycles. The smallest absolute Gasteiger partial charge is 0.234 e. The van der Waals surface area contributed by atoms with Crippen molar-refractivity contribution in [1.82, 2.24) is 14.8 Å². The molecule has 6 nitrogen and oxygen atoms in total. The number of halogens is 3. The zero-order chi connectivity index (χ0) is 21.1. The number of nitrogens with zero attached hydrogens (tertiary/aromatic N) is 3. The number of anilines is 1. The summed E-state index contributed by atoms with van der Waals surface area (Å²) in [7, 11) is 0. The van der Waals surface area contributed by atoms with E-state index in [4.69, 9.17) is 4.42 Å². The molecule has 0 bridgehead atoms. The molecule has 2 heterocycles. The number of para-hydroxylation sites is 1. The predicted molar refractivity (Wildman–Crippen MR) is 112 cm³/mol. The van der Waals surface area contributed by atoms with E-state index in [1.54, 1.807) is 16.7 Å². The van der Waals surface area contributed by atoms with Gasteiger partial charge in [0.15, 0.2) is 16.7 Å². The molecule has 30 heavy (non-hydrogen) atoms. The minimum absolute atomic E-state index is 0.0631. The molecule has 0 aliphatic carbocycles. The molecule has 0 aliphatic heterocycles. The molecule has 0 spiro atoms. The van der Waals surface area contributed by atoms with Crippen molar-refractivity contribution in [3.05, 3.63) is 77.0 Å². The molecular weight excluding hydrogens is 478 g/mol. The maximum atomic E-state index is 14.0. The van der Waals surface area contributed by atoms with Gasteiger partial charge in [-0.1, -0.05) is 30.0 Å². The molecule has 10 heteroatoms. The highest BCUT2D eigenvalue weighted by Crippen LogP contribution is 2.30. The number of rotatable bonds is 6. The molecule has 0 unspecified atom stereocenters. The first-order chi connectivity index (χ1) is 14.5. The maximum Gasteiger partial charge on any atom is 0.234 e. The van der Waals surface area contributed by atoms with Crippen molar-refractivity contribution in [1.29, 1.82) is 0 Å². The third kappa shape index (κ3) is 4.29. The van der Waals surface area contributed by atoms with E-state index in [0.717, 1.165) is 23.5 Å². The van der Waals surface area contributed by atoms with Crippen LogP contribution in [0.15, 0.2) is 74.9 Å². The molecule has 0 radical (unpaired) electrons. The van der Waals surface area contributed by atoms with Gasteiger partial charge in [-0.2, -0.15) is 0 Å². The molecule has 4 aromatic rings. The van der Waals surface area contributed by atoms with Gasteiger partial charge in [0.2, 0.25) is 11.7 Å². The average Bonchev–Trinajstić information content (AvgIpc) is 3.39. The van der Waals surface area contributed by atoms with Crippen LogP contribution in [0.4, 0.5) is 14.5 Å². The van der Waals surface area contributed by atoms with Crippen molar-refractivity contribution in [3.63, 3.8) is 0 Å². The summed E-state index contributed by atoms with van der Waals surface area (Å²) in [5.41, 5.74) is 0.673. The first-order valence-electron chi connectivity index (χ1n) is 8.65. The summed E-state index contributed by atoms with van der Waals surface area (Å²) in [5, 5.41) is 11.3. The summed E-state index contributed by atoms with van der Waals surface area (Å²) in [6.45, 7) is 0. The summed E-state index contributed by atoms with van der Waals surface area (Å²) < 4.78 is 34.5. The van der Waals surface area contributed by atoms with Gasteiger partial charge in [-0.25, -0.2) is 8.78 Å². The maximum absolute atomic E-state index is 14.0. The van der Waals surface area contributed by atoms with Gasteiger partial charge < -0.3 is 9.73 Å². The lowest BCUT2D eigenvalue weighted by Gasteiger charge is -2.10. The van der Waals surface area contributed by atoms with E-state index in [1.807, 2.05) is 30.3 Å². The van der Waals surface area contributed by atoms with Gasteiger partial charge in [-0.15, -0.1) is 10.2 Å². The fourth-order valence-electron chi connectivity index (χ4n) is 2.71. The third-order valence-electron chi connectivity index (χ3n) is 3.99. The third-order valence-corrected chi connectivity index (χ3v) is 5.55. The number of benzene rings is 2. The van der Waals surface area contributed by atoms with E-state index in [1.165, 1.54) is 6.26 Å². The van der Waals surface area contributed by atoms with Crippen LogP contribution in [-0.2, 0) is 4.79 Å². The van der Waals surface area contributed by atoms with Gasteiger partial charge in [-0.3, -0.25) is 9.36 Å². The average molecular weight is 491 g/mol. The van der Waals surface area contributed by atoms with Gasteiger partial charge in [0.25, 0.3) is 0 Å². The second-order valence-electron chi connectivity index (χ2n) is 6.04. The Kier molecular flexibility index (Phi) is 5.96. The zero-order valence-electron chi connectivity index (χ0n) is 15.2. The summed E-state index contributed by atoms with van der Waals surface area (Å²) in [6, 6.07) is 14.7. The van der Waals surface area contributed by atoms with Gasteiger partial charge in [-0.05, 0) is 46.3 Å². The van der Waals surface area contributed by atoms with Crippen molar-refractivity contribution in [2.75, 3.05) is 11.1 Å². The quantitative estimate of drug-likeness (QED) is 0.371. The summed E-state index contributed by atoms with van der Waals surface area (Å²) in [5.74, 6) is -1.14. The number of hydrogen-bond donors (Lipinski definition) is 1.